The summed E-state index contributed by atoms with van der Waals surface area (Å²) in [7, 11) is -3.20. The zero-order chi connectivity index (χ0) is 16.4. The number of pyridine rings is 1. The van der Waals surface area contributed by atoms with Crippen LogP contribution in [-0.4, -0.2) is 26.0 Å². The zero-order valence-electron chi connectivity index (χ0n) is 11.5. The van der Waals surface area contributed by atoms with Gasteiger partial charge >= 0.3 is 6.36 Å². The van der Waals surface area contributed by atoms with Crippen LogP contribution in [0.5, 0.6) is 5.75 Å². The molecule has 0 saturated heterocycles. The smallest absolute Gasteiger partial charge is 0.405 e. The molecule has 118 valence electrons. The van der Waals surface area contributed by atoms with Crippen molar-refractivity contribution in [2.75, 3.05) is 6.26 Å². The molecule has 0 aliphatic rings. The van der Waals surface area contributed by atoms with Gasteiger partial charge in [0.15, 0.2) is 9.84 Å². The number of nitrogens with zero attached hydrogens (tertiary/aromatic N) is 1. The number of hydrogen-bond donors (Lipinski definition) is 0. The maximum atomic E-state index is 12.4. The van der Waals surface area contributed by atoms with Gasteiger partial charge in [-0.1, -0.05) is 18.2 Å². The highest BCUT2D eigenvalue weighted by atomic mass is 32.2. The van der Waals surface area contributed by atoms with Crippen LogP contribution in [0.2, 0.25) is 0 Å². The van der Waals surface area contributed by atoms with Crippen molar-refractivity contribution in [2.24, 2.45) is 0 Å². The second kappa shape index (κ2) is 5.96. The van der Waals surface area contributed by atoms with Gasteiger partial charge < -0.3 is 4.74 Å². The van der Waals surface area contributed by atoms with Crippen molar-refractivity contribution in [3.05, 3.63) is 48.2 Å². The molecule has 22 heavy (non-hydrogen) atoms. The van der Waals surface area contributed by atoms with Gasteiger partial charge in [0.05, 0.1) is 11.4 Å². The summed E-state index contributed by atoms with van der Waals surface area (Å²) in [5, 5.41) is 0. The average Bonchev–Trinajstić information content (AvgIpc) is 2.37. The summed E-state index contributed by atoms with van der Waals surface area (Å²) < 4.78 is 63.5. The molecule has 0 bridgehead atoms. The maximum Gasteiger partial charge on any atom is 0.573 e. The van der Waals surface area contributed by atoms with Crippen molar-refractivity contribution < 1.29 is 26.3 Å². The van der Waals surface area contributed by atoms with Crippen LogP contribution < -0.4 is 4.74 Å². The fourth-order valence-electron chi connectivity index (χ4n) is 1.86. The molecular weight excluding hydrogens is 319 g/mol. The van der Waals surface area contributed by atoms with E-state index in [1.54, 1.807) is 6.07 Å². The van der Waals surface area contributed by atoms with Crippen LogP contribution in [-0.2, 0) is 15.6 Å². The van der Waals surface area contributed by atoms with Crippen LogP contribution in [0.25, 0.3) is 11.3 Å². The second-order valence-corrected chi connectivity index (χ2v) is 6.81. The Balaban J connectivity index is 2.33. The lowest BCUT2D eigenvalue weighted by molar-refractivity contribution is -0.274. The number of benzene rings is 1. The standard InChI is InChI=1S/C14H12F3NO3S/c1-22(19,20)9-10-6-7-12(18-8-10)11-4-2-3-5-13(11)21-14(15,16)17/h2-8H,9H2,1H3. The Labute approximate surface area is 125 Å². The molecule has 0 fully saturated rings. The first-order chi connectivity index (χ1) is 10.1. The third-order valence-electron chi connectivity index (χ3n) is 2.64. The first kappa shape index (κ1) is 16.3. The average molecular weight is 331 g/mol. The molecule has 0 saturated carbocycles. The van der Waals surface area contributed by atoms with Gasteiger partial charge in [-0.2, -0.15) is 0 Å². The normalized spacial score (nSPS) is 12.2. The third kappa shape index (κ3) is 4.73. The number of alkyl halides is 3. The summed E-state index contributed by atoms with van der Waals surface area (Å²) in [6, 6.07) is 8.58. The second-order valence-electron chi connectivity index (χ2n) is 4.67. The van der Waals surface area contributed by atoms with Crippen molar-refractivity contribution in [3.8, 4) is 17.0 Å². The minimum absolute atomic E-state index is 0.172. The largest absolute Gasteiger partial charge is 0.573 e. The number of hydrogen-bond acceptors (Lipinski definition) is 4. The van der Waals surface area contributed by atoms with Gasteiger partial charge in [-0.3, -0.25) is 4.98 Å². The fraction of sp³-hybridized carbons (Fsp3) is 0.214. The van der Waals surface area contributed by atoms with Gasteiger partial charge in [-0.25, -0.2) is 8.42 Å². The number of rotatable bonds is 4. The third-order valence-corrected chi connectivity index (χ3v) is 3.50. The van der Waals surface area contributed by atoms with Crippen LogP contribution in [0.15, 0.2) is 42.6 Å². The Bertz CT molecular complexity index is 756. The molecule has 0 amide bonds. The van der Waals surface area contributed by atoms with Crippen molar-refractivity contribution in [1.29, 1.82) is 0 Å². The zero-order valence-corrected chi connectivity index (χ0v) is 12.3. The highest BCUT2D eigenvalue weighted by Crippen LogP contribution is 2.32. The van der Waals surface area contributed by atoms with Gasteiger partial charge in [-0.15, -0.1) is 13.2 Å². The van der Waals surface area contributed by atoms with Gasteiger partial charge in [-0.05, 0) is 23.8 Å². The molecule has 0 aliphatic carbocycles. The van der Waals surface area contributed by atoms with Crippen LogP contribution in [0.4, 0.5) is 13.2 Å². The molecule has 2 rings (SSSR count). The van der Waals surface area contributed by atoms with E-state index in [4.69, 9.17) is 0 Å². The molecule has 0 radical (unpaired) electrons. The summed E-state index contributed by atoms with van der Waals surface area (Å²) in [5.41, 5.74) is 0.892. The highest BCUT2D eigenvalue weighted by molar-refractivity contribution is 7.89. The van der Waals surface area contributed by atoms with E-state index in [1.807, 2.05) is 0 Å². The molecule has 0 N–H and O–H groups in total. The number of para-hydroxylation sites is 1. The van der Waals surface area contributed by atoms with E-state index in [1.165, 1.54) is 36.5 Å². The summed E-state index contributed by atoms with van der Waals surface area (Å²) in [5.74, 6) is -0.542. The Morgan fingerprint density at radius 3 is 2.36 bits per heavy atom. The Hall–Kier alpha value is -2.09. The molecule has 0 spiro atoms. The summed E-state index contributed by atoms with van der Waals surface area (Å²) >= 11 is 0. The van der Waals surface area contributed by atoms with Crippen molar-refractivity contribution >= 4 is 9.84 Å². The molecule has 2 aromatic rings. The summed E-state index contributed by atoms with van der Waals surface area (Å²) in [6.07, 6.45) is -2.39. The lowest BCUT2D eigenvalue weighted by Gasteiger charge is -2.12. The monoisotopic (exact) mass is 331 g/mol. The topological polar surface area (TPSA) is 56.3 Å². The van der Waals surface area contributed by atoms with E-state index in [0.29, 0.717) is 5.56 Å². The summed E-state index contributed by atoms with van der Waals surface area (Å²) in [4.78, 5) is 4.01. The lowest BCUT2D eigenvalue weighted by Crippen LogP contribution is -2.17. The molecule has 0 aliphatic heterocycles. The van der Waals surface area contributed by atoms with E-state index in [9.17, 15) is 21.6 Å². The van der Waals surface area contributed by atoms with E-state index in [-0.39, 0.29) is 22.8 Å². The molecule has 1 heterocycles. The van der Waals surface area contributed by atoms with E-state index in [2.05, 4.69) is 9.72 Å². The van der Waals surface area contributed by atoms with Gasteiger partial charge in [0.1, 0.15) is 5.75 Å². The van der Waals surface area contributed by atoms with Gasteiger partial charge in [0.2, 0.25) is 0 Å². The van der Waals surface area contributed by atoms with Crippen LogP contribution in [0.1, 0.15) is 5.56 Å². The Morgan fingerprint density at radius 2 is 1.82 bits per heavy atom. The summed E-state index contributed by atoms with van der Waals surface area (Å²) in [6.45, 7) is 0. The van der Waals surface area contributed by atoms with Crippen LogP contribution in [0.3, 0.4) is 0 Å². The Kier molecular flexibility index (Phi) is 4.41. The maximum absolute atomic E-state index is 12.4. The van der Waals surface area contributed by atoms with Crippen LogP contribution in [0, 0.1) is 0 Å². The highest BCUT2D eigenvalue weighted by Gasteiger charge is 2.32. The first-order valence-corrected chi connectivity index (χ1v) is 8.18. The van der Waals surface area contributed by atoms with Crippen molar-refractivity contribution in [2.45, 2.75) is 12.1 Å². The first-order valence-electron chi connectivity index (χ1n) is 6.12. The van der Waals surface area contributed by atoms with E-state index in [0.717, 1.165) is 6.26 Å². The minimum atomic E-state index is -4.80. The van der Waals surface area contributed by atoms with Gasteiger partial charge in [0, 0.05) is 18.0 Å². The predicted molar refractivity (Wildman–Crippen MR) is 74.9 cm³/mol. The quantitative estimate of drug-likeness (QED) is 0.863. The molecular formula is C14H12F3NO3S. The lowest BCUT2D eigenvalue weighted by atomic mass is 10.1. The minimum Gasteiger partial charge on any atom is -0.405 e. The fourth-order valence-corrected chi connectivity index (χ4v) is 2.64. The molecule has 0 atom stereocenters. The molecule has 8 heteroatoms. The SMILES string of the molecule is CS(=O)(=O)Cc1ccc(-c2ccccc2OC(F)(F)F)nc1. The Morgan fingerprint density at radius 1 is 1.14 bits per heavy atom. The molecule has 1 aromatic heterocycles. The molecule has 0 unspecified atom stereocenters. The van der Waals surface area contributed by atoms with E-state index >= 15 is 0 Å². The molecule has 4 nitrogen and oxygen atoms in total. The van der Waals surface area contributed by atoms with Gasteiger partial charge in [0.25, 0.3) is 0 Å². The number of aromatic nitrogens is 1. The van der Waals surface area contributed by atoms with Crippen molar-refractivity contribution in [3.63, 3.8) is 0 Å². The number of ether oxygens (including phenoxy) is 1. The number of sulfone groups is 1. The van der Waals surface area contributed by atoms with Crippen LogP contribution >= 0.6 is 0 Å². The molecule has 1 aromatic carbocycles. The number of halogens is 3. The predicted octanol–water partition coefficient (Wildman–Crippen LogP) is 3.19. The van der Waals surface area contributed by atoms with E-state index < -0.39 is 16.2 Å². The van der Waals surface area contributed by atoms with Crippen molar-refractivity contribution in [1.82, 2.24) is 4.98 Å².